The maximum absolute atomic E-state index is 14.7. The molecule has 5 heteroatoms. The van der Waals surface area contributed by atoms with E-state index < -0.39 is 0 Å². The van der Waals surface area contributed by atoms with Gasteiger partial charge < -0.3 is 10.2 Å². The average molecular weight is 507 g/mol. The molecule has 3 heterocycles. The van der Waals surface area contributed by atoms with Gasteiger partial charge in [-0.3, -0.25) is 4.79 Å². The number of nitrogens with one attached hydrogen (secondary N) is 2. The highest BCUT2D eigenvalue weighted by Crippen LogP contribution is 2.48. The number of hydrogen-bond donors (Lipinski definition) is 1. The number of carbonyl (C=O) groups excluding carboxylic acids is 1. The van der Waals surface area contributed by atoms with Crippen LogP contribution in [0.5, 0.6) is 0 Å². The van der Waals surface area contributed by atoms with E-state index in [1.54, 1.807) is 0 Å². The van der Waals surface area contributed by atoms with Gasteiger partial charge in [0.2, 0.25) is 5.91 Å². The van der Waals surface area contributed by atoms with Crippen molar-refractivity contribution in [2.24, 2.45) is 11.8 Å². The number of halogens is 1. The van der Waals surface area contributed by atoms with Gasteiger partial charge in [-0.2, -0.15) is 4.98 Å². The zero-order chi connectivity index (χ0) is 24.7. The van der Waals surface area contributed by atoms with E-state index in [1.165, 1.54) is 48.9 Å². The van der Waals surface area contributed by atoms with Crippen molar-refractivity contribution in [3.05, 3.63) is 64.4 Å². The van der Waals surface area contributed by atoms with Crippen molar-refractivity contribution in [3.8, 4) is 0 Å². The van der Waals surface area contributed by atoms with Crippen LogP contribution >= 0.6 is 11.6 Å². The Morgan fingerprint density at radius 3 is 2.67 bits per heavy atom. The molecule has 2 saturated heterocycles. The van der Waals surface area contributed by atoms with Gasteiger partial charge in [0.25, 0.3) is 5.15 Å². The molecule has 2 N–H and O–H groups in total. The minimum atomic E-state index is -0.126. The summed E-state index contributed by atoms with van der Waals surface area (Å²) in [6.07, 6.45) is 11.9. The number of likely N-dealkylation sites (tertiary alicyclic amines) is 1. The molecule has 1 saturated carbocycles. The lowest BCUT2D eigenvalue weighted by Gasteiger charge is -2.50. The summed E-state index contributed by atoms with van der Waals surface area (Å²) >= 11 is 6.33. The summed E-state index contributed by atoms with van der Waals surface area (Å²) < 4.78 is 0. The highest BCUT2D eigenvalue weighted by atomic mass is 35.5. The Bertz CT molecular complexity index is 1080. The Labute approximate surface area is 221 Å². The van der Waals surface area contributed by atoms with Crippen molar-refractivity contribution in [1.82, 2.24) is 10.2 Å². The third kappa shape index (κ3) is 4.28. The van der Waals surface area contributed by atoms with Gasteiger partial charge in [0, 0.05) is 48.6 Å². The predicted octanol–water partition coefficient (Wildman–Crippen LogP) is 5.69. The third-order valence-corrected chi connectivity index (χ3v) is 10.3. The molecule has 3 fully saturated rings. The number of nitrogens with zero attached hydrogens (tertiary/aromatic N) is 1. The van der Waals surface area contributed by atoms with Crippen molar-refractivity contribution >= 4 is 17.5 Å². The van der Waals surface area contributed by atoms with E-state index in [9.17, 15) is 4.79 Å². The molecule has 192 valence electrons. The van der Waals surface area contributed by atoms with Crippen LogP contribution in [0.15, 0.2) is 42.5 Å². The molecule has 0 bridgehead atoms. The molecule has 6 rings (SSSR count). The fraction of sp³-hybridized carbons (Fsp3) is 0.613. The SMILES string of the molecule is CC1C[C@@H](c2ccccc2)C[C@@H](C2CCCCC2)N1C(=O)[C@@H]1CNC[C@]12CCCc1[nH+]c(Cl)ccc12. The zero-order valence-electron chi connectivity index (χ0n) is 21.6. The number of pyridine rings is 1. The van der Waals surface area contributed by atoms with Crippen LogP contribution in [-0.4, -0.2) is 36.0 Å². The molecule has 1 aromatic carbocycles. The van der Waals surface area contributed by atoms with Crippen LogP contribution in [0.2, 0.25) is 5.15 Å². The van der Waals surface area contributed by atoms with Gasteiger partial charge in [0.05, 0.1) is 5.92 Å². The van der Waals surface area contributed by atoms with E-state index in [1.807, 2.05) is 6.07 Å². The Morgan fingerprint density at radius 1 is 1.06 bits per heavy atom. The first kappa shape index (κ1) is 24.4. The number of fused-ring (bicyclic) bond motifs is 2. The van der Waals surface area contributed by atoms with Crippen LogP contribution in [-0.2, 0) is 16.6 Å². The Morgan fingerprint density at radius 2 is 1.86 bits per heavy atom. The highest BCUT2D eigenvalue weighted by Gasteiger charge is 2.54. The summed E-state index contributed by atoms with van der Waals surface area (Å²) in [6.45, 7) is 3.98. The topological polar surface area (TPSA) is 46.5 Å². The van der Waals surface area contributed by atoms with Crippen molar-refractivity contribution in [1.29, 1.82) is 0 Å². The van der Waals surface area contributed by atoms with E-state index in [-0.39, 0.29) is 17.4 Å². The Kier molecular flexibility index (Phi) is 6.85. The first-order valence-electron chi connectivity index (χ1n) is 14.4. The van der Waals surface area contributed by atoms with E-state index >= 15 is 0 Å². The van der Waals surface area contributed by atoms with Gasteiger partial charge in [-0.1, -0.05) is 49.6 Å². The van der Waals surface area contributed by atoms with Gasteiger partial charge in [0.15, 0.2) is 5.69 Å². The maximum Gasteiger partial charge on any atom is 0.273 e. The second-order valence-electron chi connectivity index (χ2n) is 12.0. The molecule has 0 radical (unpaired) electrons. The smallest absolute Gasteiger partial charge is 0.273 e. The van der Waals surface area contributed by atoms with E-state index in [0.717, 1.165) is 45.2 Å². The van der Waals surface area contributed by atoms with Crippen LogP contribution in [0, 0.1) is 11.8 Å². The van der Waals surface area contributed by atoms with Crippen LogP contribution in [0.4, 0.5) is 0 Å². The summed E-state index contributed by atoms with van der Waals surface area (Å²) in [6, 6.07) is 15.8. The maximum atomic E-state index is 14.7. The molecule has 2 aromatic rings. The van der Waals surface area contributed by atoms with Crippen molar-refractivity contribution in [3.63, 3.8) is 0 Å². The van der Waals surface area contributed by atoms with Crippen molar-refractivity contribution < 1.29 is 9.78 Å². The second kappa shape index (κ2) is 10.1. The largest absolute Gasteiger partial charge is 0.336 e. The normalized spacial score (nSPS) is 33.0. The summed E-state index contributed by atoms with van der Waals surface area (Å²) in [5, 5.41) is 4.35. The number of aromatic amines is 1. The van der Waals surface area contributed by atoms with Gasteiger partial charge in [-0.25, -0.2) is 0 Å². The minimum Gasteiger partial charge on any atom is -0.336 e. The van der Waals surface area contributed by atoms with Crippen LogP contribution in [0.1, 0.15) is 87.4 Å². The fourth-order valence-electron chi connectivity index (χ4n) is 8.37. The number of aryl methyl sites for hydroxylation is 1. The number of piperidine rings is 1. The molecule has 1 amide bonds. The molecule has 2 aliphatic heterocycles. The average Bonchev–Trinajstić information content (AvgIpc) is 3.32. The molecule has 5 atom stereocenters. The fourth-order valence-corrected chi connectivity index (χ4v) is 8.54. The molecule has 1 spiro atoms. The molecule has 4 nitrogen and oxygen atoms in total. The molecular formula is C31H41ClN3O+. The zero-order valence-corrected chi connectivity index (χ0v) is 22.4. The molecule has 1 unspecified atom stereocenters. The number of carbonyl (C=O) groups is 1. The van der Waals surface area contributed by atoms with Crippen LogP contribution in [0.25, 0.3) is 0 Å². The number of amides is 1. The minimum absolute atomic E-state index is 0.00654. The first-order chi connectivity index (χ1) is 17.6. The summed E-state index contributed by atoms with van der Waals surface area (Å²) in [7, 11) is 0. The first-order valence-corrected chi connectivity index (χ1v) is 14.7. The van der Waals surface area contributed by atoms with Crippen LogP contribution in [0.3, 0.4) is 0 Å². The highest BCUT2D eigenvalue weighted by molar-refractivity contribution is 6.28. The predicted molar refractivity (Wildman–Crippen MR) is 144 cm³/mol. The quantitative estimate of drug-likeness (QED) is 0.543. The second-order valence-corrected chi connectivity index (χ2v) is 12.4. The summed E-state index contributed by atoms with van der Waals surface area (Å²) in [5.41, 5.74) is 3.88. The number of benzene rings is 1. The number of rotatable bonds is 3. The van der Waals surface area contributed by atoms with Crippen molar-refractivity contribution in [2.75, 3.05) is 13.1 Å². The molecule has 4 aliphatic rings. The lowest BCUT2D eigenvalue weighted by molar-refractivity contribution is -0.390. The van der Waals surface area contributed by atoms with Crippen LogP contribution < -0.4 is 10.3 Å². The summed E-state index contributed by atoms with van der Waals surface area (Å²) in [5.74, 6) is 1.57. The van der Waals surface area contributed by atoms with Gasteiger partial charge in [-0.15, -0.1) is 0 Å². The monoisotopic (exact) mass is 506 g/mol. The van der Waals surface area contributed by atoms with Crippen molar-refractivity contribution in [2.45, 2.75) is 94.5 Å². The standard InChI is InChI=1S/C31H40ClN3O/c1-21-17-24(22-9-4-2-5-10-22)18-28(23-11-6-3-7-12-23)35(21)30(36)26-19-33-20-31(26)16-8-13-27-25(31)14-15-29(32)34-27/h2,4-5,9-10,14-15,21,23-24,26,28,33H,3,6-8,11-13,16-20H2,1H3/p+1/t21?,24-,26+,28+,31+/m1/s1. The van der Waals surface area contributed by atoms with E-state index in [2.05, 4.69) is 58.5 Å². The molecule has 1 aromatic heterocycles. The summed E-state index contributed by atoms with van der Waals surface area (Å²) in [4.78, 5) is 20.5. The van der Waals surface area contributed by atoms with Gasteiger partial charge in [0.1, 0.15) is 0 Å². The Balaban J connectivity index is 1.34. The number of H-pyrrole nitrogens is 1. The Hall–Kier alpha value is -1.91. The van der Waals surface area contributed by atoms with Gasteiger partial charge >= 0.3 is 0 Å². The lowest BCUT2D eigenvalue weighted by atomic mass is 9.64. The van der Waals surface area contributed by atoms with E-state index in [0.29, 0.717) is 28.9 Å². The number of aromatic nitrogens is 1. The van der Waals surface area contributed by atoms with Gasteiger partial charge in [-0.05, 0) is 80.5 Å². The molecule has 2 aliphatic carbocycles. The molecule has 36 heavy (non-hydrogen) atoms. The third-order valence-electron chi connectivity index (χ3n) is 10.0. The molecular weight excluding hydrogens is 466 g/mol. The number of hydrogen-bond acceptors (Lipinski definition) is 2. The lowest BCUT2D eigenvalue weighted by Crippen LogP contribution is -2.58. The van der Waals surface area contributed by atoms with E-state index in [4.69, 9.17) is 11.6 Å².